The van der Waals surface area contributed by atoms with Crippen molar-refractivity contribution < 1.29 is 0 Å². The Hall–Kier alpha value is -0.380. The smallest absolute Gasteiger partial charge is 0.194 e. The lowest BCUT2D eigenvalue weighted by atomic mass is 9.86. The van der Waals surface area contributed by atoms with Gasteiger partial charge in [0.1, 0.15) is 0 Å². The molecule has 0 aromatic rings. The Balaban J connectivity index is 1.92. The molecule has 0 unspecified atom stereocenters. The number of rotatable bonds is 3. The molecular formula is C17H33N3S. The fourth-order valence-electron chi connectivity index (χ4n) is 2.97. The first-order valence-corrected chi connectivity index (χ1v) is 9.34. The Labute approximate surface area is 135 Å². The monoisotopic (exact) mass is 311 g/mol. The summed E-state index contributed by atoms with van der Waals surface area (Å²) >= 11 is 2.05. The van der Waals surface area contributed by atoms with Crippen molar-refractivity contribution in [1.82, 2.24) is 10.2 Å². The van der Waals surface area contributed by atoms with E-state index in [0.717, 1.165) is 0 Å². The van der Waals surface area contributed by atoms with Crippen LogP contribution in [0.5, 0.6) is 0 Å². The maximum Gasteiger partial charge on any atom is 0.194 e. The van der Waals surface area contributed by atoms with E-state index >= 15 is 0 Å². The Kier molecular flexibility index (Phi) is 5.17. The van der Waals surface area contributed by atoms with Gasteiger partial charge in [0.2, 0.25) is 0 Å². The molecule has 0 bridgehead atoms. The molecule has 21 heavy (non-hydrogen) atoms. The van der Waals surface area contributed by atoms with Crippen molar-refractivity contribution in [3.05, 3.63) is 0 Å². The van der Waals surface area contributed by atoms with Crippen molar-refractivity contribution in [2.45, 2.75) is 77.6 Å². The molecule has 4 heteroatoms. The van der Waals surface area contributed by atoms with Crippen LogP contribution in [-0.2, 0) is 0 Å². The Bertz CT molecular complexity index is 378. The number of fused-ring (bicyclic) bond motifs is 1. The van der Waals surface area contributed by atoms with E-state index in [2.05, 4.69) is 63.5 Å². The normalized spacial score (nSPS) is 27.0. The van der Waals surface area contributed by atoms with Crippen LogP contribution in [0.15, 0.2) is 4.99 Å². The van der Waals surface area contributed by atoms with E-state index in [1.54, 1.807) is 0 Å². The first-order chi connectivity index (χ1) is 9.62. The largest absolute Gasteiger partial charge is 0.353 e. The fourth-order valence-corrected chi connectivity index (χ4v) is 3.92. The van der Waals surface area contributed by atoms with Gasteiger partial charge in [-0.2, -0.15) is 11.8 Å². The van der Waals surface area contributed by atoms with Gasteiger partial charge in [-0.3, -0.25) is 0 Å². The molecule has 0 radical (unpaired) electrons. The van der Waals surface area contributed by atoms with Crippen LogP contribution in [0.3, 0.4) is 0 Å². The van der Waals surface area contributed by atoms with Crippen LogP contribution in [0, 0.1) is 5.41 Å². The summed E-state index contributed by atoms with van der Waals surface area (Å²) in [6.45, 7) is 16.2. The topological polar surface area (TPSA) is 27.6 Å². The lowest BCUT2D eigenvalue weighted by Crippen LogP contribution is -2.56. The number of nitrogens with one attached hydrogen (secondary N) is 1. The summed E-state index contributed by atoms with van der Waals surface area (Å²) in [7, 11) is 0. The molecule has 0 saturated carbocycles. The van der Waals surface area contributed by atoms with Crippen molar-refractivity contribution in [2.75, 3.05) is 18.8 Å². The van der Waals surface area contributed by atoms with Gasteiger partial charge in [0, 0.05) is 29.6 Å². The summed E-state index contributed by atoms with van der Waals surface area (Å²) in [5.41, 5.74) is 0.368. The Morgan fingerprint density at radius 2 is 1.81 bits per heavy atom. The zero-order chi connectivity index (χ0) is 15.7. The van der Waals surface area contributed by atoms with E-state index in [1.807, 2.05) is 0 Å². The van der Waals surface area contributed by atoms with Gasteiger partial charge >= 0.3 is 0 Å². The zero-order valence-electron chi connectivity index (χ0n) is 14.7. The molecule has 1 saturated heterocycles. The molecule has 2 aliphatic rings. The maximum absolute atomic E-state index is 5.01. The lowest BCUT2D eigenvalue weighted by molar-refractivity contribution is 0.264. The third kappa shape index (κ3) is 5.72. The standard InChI is InChI=1S/C17H33N3S/c1-16(2,3)11-13-7-9-20-10-8-14(19-15(20)18-13)12-21-17(4,5)6/h13-14H,7-12H2,1-6H3,(H,18,19)/t13-,14-/m1/s1. The minimum absolute atomic E-state index is 0.349. The highest BCUT2D eigenvalue weighted by atomic mass is 32.2. The molecule has 1 N–H and O–H groups in total. The van der Waals surface area contributed by atoms with E-state index in [9.17, 15) is 0 Å². The molecule has 2 atom stereocenters. The summed E-state index contributed by atoms with van der Waals surface area (Å²) in [6.07, 6.45) is 3.64. The molecule has 2 aliphatic heterocycles. The third-order valence-corrected chi connectivity index (χ3v) is 5.42. The summed E-state index contributed by atoms with van der Waals surface area (Å²) in [5, 5.41) is 3.70. The SMILES string of the molecule is CC(C)(C)C[C@H]1CCN2CC[C@H](CSC(C)(C)C)NC2=N1. The van der Waals surface area contributed by atoms with Gasteiger partial charge in [0.15, 0.2) is 5.96 Å². The van der Waals surface area contributed by atoms with E-state index in [-0.39, 0.29) is 0 Å². The molecule has 122 valence electrons. The first-order valence-electron chi connectivity index (χ1n) is 8.36. The minimum Gasteiger partial charge on any atom is -0.353 e. The quantitative estimate of drug-likeness (QED) is 0.860. The average molecular weight is 312 g/mol. The van der Waals surface area contributed by atoms with Crippen LogP contribution in [0.4, 0.5) is 0 Å². The first kappa shape index (κ1) is 17.0. The number of thioether (sulfide) groups is 1. The second-order valence-electron chi connectivity index (χ2n) is 8.70. The molecule has 1 fully saturated rings. The molecule has 2 heterocycles. The van der Waals surface area contributed by atoms with E-state index in [1.165, 1.54) is 44.1 Å². The van der Waals surface area contributed by atoms with Crippen LogP contribution in [0.25, 0.3) is 0 Å². The van der Waals surface area contributed by atoms with Gasteiger partial charge in [0.05, 0.1) is 6.04 Å². The van der Waals surface area contributed by atoms with Crippen LogP contribution in [0.2, 0.25) is 0 Å². The Morgan fingerprint density at radius 3 is 2.43 bits per heavy atom. The Morgan fingerprint density at radius 1 is 1.14 bits per heavy atom. The van der Waals surface area contributed by atoms with E-state index in [4.69, 9.17) is 4.99 Å². The molecule has 2 rings (SSSR count). The van der Waals surface area contributed by atoms with Crippen LogP contribution in [-0.4, -0.2) is 46.5 Å². The molecule has 0 amide bonds. The summed E-state index contributed by atoms with van der Waals surface area (Å²) in [4.78, 5) is 7.45. The number of hydrogen-bond acceptors (Lipinski definition) is 4. The van der Waals surface area contributed by atoms with Crippen molar-refractivity contribution in [1.29, 1.82) is 0 Å². The molecule has 0 aliphatic carbocycles. The highest BCUT2D eigenvalue weighted by Gasteiger charge is 2.30. The van der Waals surface area contributed by atoms with Crippen LogP contribution in [0.1, 0.15) is 60.8 Å². The van der Waals surface area contributed by atoms with E-state index < -0.39 is 0 Å². The summed E-state index contributed by atoms with van der Waals surface area (Å²) in [5.74, 6) is 2.35. The fraction of sp³-hybridized carbons (Fsp3) is 0.941. The number of aliphatic imine (C=N–C) groups is 1. The van der Waals surface area contributed by atoms with Gasteiger partial charge in [0.25, 0.3) is 0 Å². The lowest BCUT2D eigenvalue weighted by Gasteiger charge is -2.41. The molecule has 3 nitrogen and oxygen atoms in total. The third-order valence-electron chi connectivity index (χ3n) is 3.98. The summed E-state index contributed by atoms with van der Waals surface area (Å²) < 4.78 is 0.349. The van der Waals surface area contributed by atoms with Crippen molar-refractivity contribution >= 4 is 17.7 Å². The second kappa shape index (κ2) is 6.39. The number of nitrogens with zero attached hydrogens (tertiary/aromatic N) is 2. The van der Waals surface area contributed by atoms with Gasteiger partial charge in [-0.25, -0.2) is 4.99 Å². The van der Waals surface area contributed by atoms with Gasteiger partial charge < -0.3 is 10.2 Å². The summed E-state index contributed by atoms with van der Waals surface area (Å²) in [6, 6.07) is 1.08. The highest BCUT2D eigenvalue weighted by molar-refractivity contribution is 8.00. The van der Waals surface area contributed by atoms with Gasteiger partial charge in [-0.15, -0.1) is 0 Å². The van der Waals surface area contributed by atoms with Crippen LogP contribution < -0.4 is 5.32 Å². The number of hydrogen-bond donors (Lipinski definition) is 1. The molecule has 0 aromatic heterocycles. The maximum atomic E-state index is 5.01. The van der Waals surface area contributed by atoms with Gasteiger partial charge in [-0.1, -0.05) is 41.5 Å². The average Bonchev–Trinajstić information content (AvgIpc) is 2.33. The van der Waals surface area contributed by atoms with Crippen LogP contribution >= 0.6 is 11.8 Å². The minimum atomic E-state index is 0.349. The van der Waals surface area contributed by atoms with Crippen molar-refractivity contribution in [3.8, 4) is 0 Å². The molecule has 0 spiro atoms. The van der Waals surface area contributed by atoms with Gasteiger partial charge in [-0.05, 0) is 24.7 Å². The predicted octanol–water partition coefficient (Wildman–Crippen LogP) is 3.75. The predicted molar refractivity (Wildman–Crippen MR) is 95.2 cm³/mol. The van der Waals surface area contributed by atoms with Crippen molar-refractivity contribution in [3.63, 3.8) is 0 Å². The van der Waals surface area contributed by atoms with E-state index in [0.29, 0.717) is 22.2 Å². The highest BCUT2D eigenvalue weighted by Crippen LogP contribution is 2.28. The second-order valence-corrected chi connectivity index (χ2v) is 10.5. The molecular weight excluding hydrogens is 278 g/mol. The van der Waals surface area contributed by atoms with Crippen molar-refractivity contribution in [2.24, 2.45) is 10.4 Å². The molecule has 0 aromatic carbocycles. The number of guanidine groups is 1. The zero-order valence-corrected chi connectivity index (χ0v) is 15.5.